The van der Waals surface area contributed by atoms with Gasteiger partial charge in [0.05, 0.1) is 6.56 Å². The van der Waals surface area contributed by atoms with E-state index in [1.807, 2.05) is 0 Å². The molecule has 0 atom stereocenters. The van der Waals surface area contributed by atoms with Gasteiger partial charge in [-0.3, -0.25) is 4.72 Å². The van der Waals surface area contributed by atoms with Crippen molar-refractivity contribution in [2.75, 3.05) is 6.54 Å². The normalized spacial score (nSPS) is 7.67. The molecule has 0 radical (unpaired) electrons. The first kappa shape index (κ1) is 16.8. The zero-order valence-electron chi connectivity index (χ0n) is 4.99. The van der Waals surface area contributed by atoms with Gasteiger partial charge in [-0.15, -0.1) is 24.8 Å². The summed E-state index contributed by atoms with van der Waals surface area (Å²) in [4.78, 5) is 0. The lowest BCUT2D eigenvalue weighted by Gasteiger charge is -1.90. The van der Waals surface area contributed by atoms with E-state index >= 15 is 0 Å². The van der Waals surface area contributed by atoms with E-state index in [-0.39, 0.29) is 24.8 Å². The Labute approximate surface area is 79.3 Å². The van der Waals surface area contributed by atoms with E-state index in [2.05, 4.69) is 23.5 Å². The molecule has 0 saturated heterocycles. The Balaban J connectivity index is -0.000000180. The number of nitrogens with one attached hydrogen (secondary N) is 1. The first-order chi connectivity index (χ1) is 3.41. The maximum absolute atomic E-state index is 4.64. The molecule has 0 bridgehead atoms. The zero-order chi connectivity index (χ0) is 5.54. The first-order valence-electron chi connectivity index (χ1n) is 2.13. The van der Waals surface area contributed by atoms with Gasteiger partial charge in [-0.2, -0.15) is 0 Å². The summed E-state index contributed by atoms with van der Waals surface area (Å²) < 4.78 is 3.08. The molecule has 0 aliphatic heterocycles. The smallest absolute Gasteiger partial charge is 0.0598 e. The van der Waals surface area contributed by atoms with Crippen LogP contribution in [-0.2, 0) is 11.8 Å². The lowest BCUT2D eigenvalue weighted by molar-refractivity contribution is 0.882. The fraction of sp³-hybridized carbons (Fsp3) is 1.00. The molecule has 0 aliphatic rings. The summed E-state index contributed by atoms with van der Waals surface area (Å²) in [5, 5.41) is 0. The van der Waals surface area contributed by atoms with Gasteiger partial charge >= 0.3 is 0 Å². The fourth-order valence-corrected chi connectivity index (χ4v) is 1.43. The number of halogens is 2. The molecule has 58 valence electrons. The predicted octanol–water partition coefficient (Wildman–Crippen LogP) is 2.80. The standard InChI is InChI=1S/C3H8NPS2.2ClH/c1-2-3-4-7-5-6;;/h4H,2-3H2,1H3;2*1H. The van der Waals surface area contributed by atoms with Crippen LogP contribution < -0.4 is 4.72 Å². The van der Waals surface area contributed by atoms with Crippen molar-refractivity contribution in [1.29, 1.82) is 0 Å². The maximum Gasteiger partial charge on any atom is 0.0598 e. The molecule has 6 heteroatoms. The van der Waals surface area contributed by atoms with Crippen molar-refractivity contribution in [1.82, 2.24) is 4.72 Å². The van der Waals surface area contributed by atoms with E-state index in [9.17, 15) is 0 Å². The molecule has 0 aromatic carbocycles. The number of rotatable bonds is 4. The fourth-order valence-electron chi connectivity index (χ4n) is 0.174. The molecule has 0 rings (SSSR count). The molecule has 9 heavy (non-hydrogen) atoms. The van der Waals surface area contributed by atoms with Gasteiger partial charge in [0.15, 0.2) is 0 Å². The van der Waals surface area contributed by atoms with Crippen LogP contribution in [0.3, 0.4) is 0 Å². The third kappa shape index (κ3) is 17.7. The van der Waals surface area contributed by atoms with E-state index < -0.39 is 0 Å². The molecule has 0 saturated carbocycles. The minimum absolute atomic E-state index is 0. The minimum Gasteiger partial charge on any atom is -0.256 e. The molecule has 0 aromatic heterocycles. The van der Waals surface area contributed by atoms with Gasteiger partial charge in [-0.1, -0.05) is 6.92 Å². The van der Waals surface area contributed by atoms with Crippen molar-refractivity contribution < 1.29 is 0 Å². The van der Waals surface area contributed by atoms with E-state index in [0.29, 0.717) is 0 Å². The Hall–Kier alpha value is 1.41. The molecule has 1 nitrogen and oxygen atoms in total. The summed E-state index contributed by atoms with van der Waals surface area (Å²) in [5.74, 6) is 0. The highest BCUT2D eigenvalue weighted by molar-refractivity contribution is 8.57. The van der Waals surface area contributed by atoms with Crippen LogP contribution in [0.1, 0.15) is 13.3 Å². The van der Waals surface area contributed by atoms with Gasteiger partial charge in [0.25, 0.3) is 0 Å². The summed E-state index contributed by atoms with van der Waals surface area (Å²) in [5.41, 5.74) is 0. The van der Waals surface area contributed by atoms with E-state index in [1.165, 1.54) is 6.42 Å². The minimum atomic E-state index is 0. The van der Waals surface area contributed by atoms with Crippen molar-refractivity contribution in [3.8, 4) is 0 Å². The summed E-state index contributed by atoms with van der Waals surface area (Å²) in [6, 6.07) is 0. The zero-order valence-corrected chi connectivity index (χ0v) is 9.15. The highest BCUT2D eigenvalue weighted by Gasteiger charge is 1.76. The van der Waals surface area contributed by atoms with Crippen LogP contribution in [0.25, 0.3) is 0 Å². The van der Waals surface area contributed by atoms with Crippen LogP contribution in [0.4, 0.5) is 0 Å². The highest BCUT2D eigenvalue weighted by atomic mass is 35.5. The summed E-state index contributed by atoms with van der Waals surface area (Å²) in [6.45, 7) is 4.14. The molecule has 1 N–H and O–H groups in total. The molecule has 0 unspecified atom stereocenters. The van der Waals surface area contributed by atoms with Crippen molar-refractivity contribution in [2.24, 2.45) is 0 Å². The number of hydrogen-bond donors (Lipinski definition) is 1. The predicted molar refractivity (Wildman–Crippen MR) is 54.7 cm³/mol. The van der Waals surface area contributed by atoms with E-state index in [1.54, 1.807) is 11.6 Å². The van der Waals surface area contributed by atoms with Crippen molar-refractivity contribution in [3.05, 3.63) is 0 Å². The Morgan fingerprint density at radius 3 is 2.44 bits per heavy atom. The van der Waals surface area contributed by atoms with Gasteiger partial charge in [0, 0.05) is 6.54 Å². The second kappa shape index (κ2) is 16.2. The van der Waals surface area contributed by atoms with Crippen molar-refractivity contribution in [2.45, 2.75) is 13.3 Å². The SMILES string of the molecule is CCCNSP=S.Cl.Cl. The molecular weight excluding hydrogens is 216 g/mol. The number of hydrogen-bond acceptors (Lipinski definition) is 3. The van der Waals surface area contributed by atoms with Crippen LogP contribution >= 0.6 is 42.9 Å². The molecule has 0 aliphatic carbocycles. The summed E-state index contributed by atoms with van der Waals surface area (Å²) in [7, 11) is 0. The lowest BCUT2D eigenvalue weighted by Crippen LogP contribution is -1.99. The quantitative estimate of drug-likeness (QED) is 0.449. The highest BCUT2D eigenvalue weighted by Crippen LogP contribution is 2.10. The Kier molecular flexibility index (Phi) is 30.2. The Bertz CT molecular complexity index is 57.1. The van der Waals surface area contributed by atoms with Gasteiger partial charge in [-0.25, -0.2) is 0 Å². The van der Waals surface area contributed by atoms with Gasteiger partial charge in [-0.05, 0) is 29.8 Å². The second-order valence-electron chi connectivity index (χ2n) is 1.06. The third-order valence-electron chi connectivity index (χ3n) is 0.454. The molecule has 0 aromatic rings. The van der Waals surface area contributed by atoms with Crippen LogP contribution in [0, 0.1) is 0 Å². The Morgan fingerprint density at radius 2 is 2.11 bits per heavy atom. The summed E-state index contributed by atoms with van der Waals surface area (Å²) in [6.07, 6.45) is 1.18. The van der Waals surface area contributed by atoms with Crippen LogP contribution in [-0.4, -0.2) is 6.54 Å². The first-order valence-corrected chi connectivity index (χ1v) is 5.46. The molecule has 0 fully saturated rings. The second-order valence-corrected chi connectivity index (χ2v) is 4.02. The van der Waals surface area contributed by atoms with Crippen LogP contribution in [0.15, 0.2) is 0 Å². The topological polar surface area (TPSA) is 12.0 Å². The van der Waals surface area contributed by atoms with E-state index in [4.69, 9.17) is 0 Å². The Morgan fingerprint density at radius 1 is 1.56 bits per heavy atom. The average molecular weight is 226 g/mol. The van der Waals surface area contributed by atoms with Crippen LogP contribution in [0.2, 0.25) is 0 Å². The summed E-state index contributed by atoms with van der Waals surface area (Å²) >= 11 is 6.21. The molecule has 0 amide bonds. The maximum atomic E-state index is 4.64. The average Bonchev–Trinajstić information content (AvgIpc) is 1.69. The largest absolute Gasteiger partial charge is 0.256 e. The van der Waals surface area contributed by atoms with Crippen molar-refractivity contribution >= 4 is 54.7 Å². The van der Waals surface area contributed by atoms with Crippen LogP contribution in [0.5, 0.6) is 0 Å². The lowest BCUT2D eigenvalue weighted by atomic mass is 10.5. The third-order valence-corrected chi connectivity index (χ3v) is 2.14. The van der Waals surface area contributed by atoms with Gasteiger partial charge in [0.1, 0.15) is 0 Å². The van der Waals surface area contributed by atoms with Crippen molar-refractivity contribution in [3.63, 3.8) is 0 Å². The molecular formula is C3H10Cl2NPS2. The monoisotopic (exact) mass is 225 g/mol. The van der Waals surface area contributed by atoms with Gasteiger partial charge < -0.3 is 0 Å². The van der Waals surface area contributed by atoms with Gasteiger partial charge in [0.2, 0.25) is 0 Å². The van der Waals surface area contributed by atoms with E-state index in [0.717, 1.165) is 13.1 Å². The molecule has 0 heterocycles. The molecule has 0 spiro atoms.